The maximum absolute atomic E-state index is 6.00. The van der Waals surface area contributed by atoms with E-state index in [1.54, 1.807) is 11.3 Å². The van der Waals surface area contributed by atoms with Gasteiger partial charge in [0, 0.05) is 6.42 Å². The zero-order valence-electron chi connectivity index (χ0n) is 11.0. The van der Waals surface area contributed by atoms with E-state index in [1.165, 1.54) is 32.1 Å². The van der Waals surface area contributed by atoms with Crippen LogP contribution in [0.15, 0.2) is 22.0 Å². The Morgan fingerprint density at radius 3 is 2.84 bits per heavy atom. The van der Waals surface area contributed by atoms with Gasteiger partial charge < -0.3 is 10.3 Å². The van der Waals surface area contributed by atoms with Gasteiger partial charge in [-0.1, -0.05) is 30.5 Å². The fourth-order valence-corrected chi connectivity index (χ4v) is 3.56. The average molecular weight is 277 g/mol. The molecule has 0 atom stereocenters. The van der Waals surface area contributed by atoms with Crippen molar-refractivity contribution in [3.05, 3.63) is 23.4 Å². The number of thiophene rings is 1. The van der Waals surface area contributed by atoms with Crippen LogP contribution in [0, 0.1) is 5.41 Å². The largest absolute Gasteiger partial charge is 0.339 e. The fraction of sp³-hybridized carbons (Fsp3) is 0.571. The van der Waals surface area contributed by atoms with E-state index in [0.717, 1.165) is 17.2 Å². The summed E-state index contributed by atoms with van der Waals surface area (Å²) in [5.41, 5.74) is 6.18. The van der Waals surface area contributed by atoms with Crippen molar-refractivity contribution in [2.75, 3.05) is 6.54 Å². The van der Waals surface area contributed by atoms with Gasteiger partial charge in [0.05, 0.1) is 4.88 Å². The first kappa shape index (κ1) is 12.8. The molecule has 2 aromatic rings. The Morgan fingerprint density at radius 2 is 2.16 bits per heavy atom. The molecular weight excluding hydrogens is 258 g/mol. The SMILES string of the molecule is NCC1(Cc2nc(-c3cccs3)no2)CCCCC1. The van der Waals surface area contributed by atoms with Gasteiger partial charge in [0.15, 0.2) is 0 Å². The predicted molar refractivity (Wildman–Crippen MR) is 75.9 cm³/mol. The standard InChI is InChI=1S/C14H19N3OS/c15-10-14(6-2-1-3-7-14)9-12-16-13(17-18-12)11-5-4-8-19-11/h4-5,8H,1-3,6-7,9-10,15H2. The van der Waals surface area contributed by atoms with E-state index in [2.05, 4.69) is 10.1 Å². The maximum Gasteiger partial charge on any atom is 0.227 e. The van der Waals surface area contributed by atoms with Crippen LogP contribution in [0.2, 0.25) is 0 Å². The van der Waals surface area contributed by atoms with Gasteiger partial charge in [-0.25, -0.2) is 0 Å². The Morgan fingerprint density at radius 1 is 1.32 bits per heavy atom. The van der Waals surface area contributed by atoms with Crippen molar-refractivity contribution in [2.24, 2.45) is 11.1 Å². The minimum atomic E-state index is 0.178. The molecule has 5 heteroatoms. The molecular formula is C14H19N3OS. The Kier molecular flexibility index (Phi) is 3.66. The summed E-state index contributed by atoms with van der Waals surface area (Å²) in [4.78, 5) is 5.57. The lowest BCUT2D eigenvalue weighted by molar-refractivity contribution is 0.177. The summed E-state index contributed by atoms with van der Waals surface area (Å²) in [7, 11) is 0. The first-order chi connectivity index (χ1) is 9.31. The Hall–Kier alpha value is -1.20. The highest BCUT2D eigenvalue weighted by Crippen LogP contribution is 2.38. The summed E-state index contributed by atoms with van der Waals surface area (Å²) in [6, 6.07) is 4.01. The molecule has 2 aromatic heterocycles. The number of aromatic nitrogens is 2. The third kappa shape index (κ3) is 2.72. The number of nitrogens with zero attached hydrogens (tertiary/aromatic N) is 2. The molecule has 19 heavy (non-hydrogen) atoms. The first-order valence-electron chi connectivity index (χ1n) is 6.88. The maximum atomic E-state index is 6.00. The predicted octanol–water partition coefficient (Wildman–Crippen LogP) is 3.25. The van der Waals surface area contributed by atoms with Gasteiger partial charge in [0.2, 0.25) is 11.7 Å². The van der Waals surface area contributed by atoms with Crippen LogP contribution in [0.4, 0.5) is 0 Å². The molecule has 0 aromatic carbocycles. The molecule has 1 aliphatic rings. The minimum absolute atomic E-state index is 0.178. The van der Waals surface area contributed by atoms with Crippen molar-refractivity contribution in [2.45, 2.75) is 38.5 Å². The zero-order valence-corrected chi connectivity index (χ0v) is 11.8. The smallest absolute Gasteiger partial charge is 0.227 e. The molecule has 4 nitrogen and oxygen atoms in total. The summed E-state index contributed by atoms with van der Waals surface area (Å²) in [6.07, 6.45) is 7.04. The molecule has 102 valence electrons. The third-order valence-corrected chi connectivity index (χ3v) is 4.95. The third-order valence-electron chi connectivity index (χ3n) is 4.08. The summed E-state index contributed by atoms with van der Waals surface area (Å²) >= 11 is 1.63. The summed E-state index contributed by atoms with van der Waals surface area (Å²) < 4.78 is 5.41. The van der Waals surface area contributed by atoms with Crippen molar-refractivity contribution >= 4 is 11.3 Å². The Balaban J connectivity index is 1.76. The molecule has 1 saturated carbocycles. The van der Waals surface area contributed by atoms with Gasteiger partial charge in [-0.15, -0.1) is 11.3 Å². The molecule has 0 spiro atoms. The van der Waals surface area contributed by atoms with Crippen molar-refractivity contribution < 1.29 is 4.52 Å². The van der Waals surface area contributed by atoms with Crippen LogP contribution in [0.5, 0.6) is 0 Å². The molecule has 3 rings (SSSR count). The summed E-state index contributed by atoms with van der Waals surface area (Å²) in [5, 5.41) is 6.09. The number of hydrogen-bond acceptors (Lipinski definition) is 5. The lowest BCUT2D eigenvalue weighted by atomic mass is 9.72. The van der Waals surface area contributed by atoms with E-state index in [-0.39, 0.29) is 5.41 Å². The molecule has 2 N–H and O–H groups in total. The summed E-state index contributed by atoms with van der Waals surface area (Å²) in [6.45, 7) is 0.712. The molecule has 0 saturated heterocycles. The lowest BCUT2D eigenvalue weighted by Gasteiger charge is -2.34. The van der Waals surface area contributed by atoms with E-state index in [0.29, 0.717) is 12.4 Å². The van der Waals surface area contributed by atoms with E-state index < -0.39 is 0 Å². The fourth-order valence-electron chi connectivity index (χ4n) is 2.91. The van der Waals surface area contributed by atoms with Gasteiger partial charge in [0.25, 0.3) is 0 Å². The van der Waals surface area contributed by atoms with Gasteiger partial charge in [-0.05, 0) is 36.2 Å². The van der Waals surface area contributed by atoms with Crippen LogP contribution in [0.1, 0.15) is 38.0 Å². The van der Waals surface area contributed by atoms with Crippen molar-refractivity contribution in [1.29, 1.82) is 0 Å². The second kappa shape index (κ2) is 5.43. The topological polar surface area (TPSA) is 64.9 Å². The monoisotopic (exact) mass is 277 g/mol. The molecule has 1 fully saturated rings. The molecule has 2 heterocycles. The second-order valence-corrected chi connectivity index (χ2v) is 6.38. The quantitative estimate of drug-likeness (QED) is 0.931. The van der Waals surface area contributed by atoms with E-state index in [1.807, 2.05) is 17.5 Å². The molecule has 0 aliphatic heterocycles. The Bertz CT molecular complexity index is 515. The van der Waals surface area contributed by atoms with Crippen LogP contribution in [0.3, 0.4) is 0 Å². The Labute approximate surface area is 117 Å². The minimum Gasteiger partial charge on any atom is -0.339 e. The first-order valence-corrected chi connectivity index (χ1v) is 7.76. The van der Waals surface area contributed by atoms with Crippen molar-refractivity contribution in [3.63, 3.8) is 0 Å². The van der Waals surface area contributed by atoms with Crippen molar-refractivity contribution in [3.8, 4) is 10.7 Å². The van der Waals surface area contributed by atoms with Crippen LogP contribution < -0.4 is 5.73 Å². The van der Waals surface area contributed by atoms with Gasteiger partial charge >= 0.3 is 0 Å². The molecule has 0 unspecified atom stereocenters. The zero-order chi connectivity index (χ0) is 13.1. The highest BCUT2D eigenvalue weighted by Gasteiger charge is 2.33. The van der Waals surface area contributed by atoms with Crippen LogP contribution in [-0.2, 0) is 6.42 Å². The van der Waals surface area contributed by atoms with E-state index in [9.17, 15) is 0 Å². The normalized spacial score (nSPS) is 18.6. The molecule has 0 radical (unpaired) electrons. The van der Waals surface area contributed by atoms with Gasteiger partial charge in [-0.3, -0.25) is 0 Å². The van der Waals surface area contributed by atoms with Crippen LogP contribution in [-0.4, -0.2) is 16.7 Å². The average Bonchev–Trinajstić information content (AvgIpc) is 3.10. The molecule has 1 aliphatic carbocycles. The number of rotatable bonds is 4. The highest BCUT2D eigenvalue weighted by atomic mass is 32.1. The van der Waals surface area contributed by atoms with E-state index in [4.69, 9.17) is 10.3 Å². The van der Waals surface area contributed by atoms with Crippen LogP contribution >= 0.6 is 11.3 Å². The van der Waals surface area contributed by atoms with Crippen LogP contribution in [0.25, 0.3) is 10.7 Å². The lowest BCUT2D eigenvalue weighted by Crippen LogP contribution is -2.35. The molecule has 0 amide bonds. The second-order valence-electron chi connectivity index (χ2n) is 5.43. The van der Waals surface area contributed by atoms with Gasteiger partial charge in [-0.2, -0.15) is 4.98 Å². The summed E-state index contributed by atoms with van der Waals surface area (Å²) in [5.74, 6) is 1.43. The van der Waals surface area contributed by atoms with Crippen molar-refractivity contribution in [1.82, 2.24) is 10.1 Å². The number of nitrogens with two attached hydrogens (primary N) is 1. The highest BCUT2D eigenvalue weighted by molar-refractivity contribution is 7.13. The number of hydrogen-bond donors (Lipinski definition) is 1. The molecule has 0 bridgehead atoms. The van der Waals surface area contributed by atoms with Gasteiger partial charge in [0.1, 0.15) is 0 Å². The van der Waals surface area contributed by atoms with E-state index >= 15 is 0 Å².